The van der Waals surface area contributed by atoms with Gasteiger partial charge in [-0.1, -0.05) is 6.92 Å². The molecule has 1 heterocycles. The minimum atomic E-state index is 0.705. The van der Waals surface area contributed by atoms with E-state index in [1.165, 1.54) is 11.5 Å². The highest BCUT2D eigenvalue weighted by Crippen LogP contribution is 2.18. The van der Waals surface area contributed by atoms with Gasteiger partial charge in [-0.05, 0) is 19.8 Å². The van der Waals surface area contributed by atoms with E-state index in [4.69, 9.17) is 11.6 Å². The maximum absolute atomic E-state index is 5.69. The van der Waals surface area contributed by atoms with E-state index < -0.39 is 0 Å². The fraction of sp³-hybridized carbons (Fsp3) is 0.800. The van der Waals surface area contributed by atoms with Crippen molar-refractivity contribution in [3.63, 3.8) is 0 Å². The molecule has 1 aromatic rings. The molecule has 86 valence electrons. The molecule has 0 aromatic carbocycles. The molecule has 0 unspecified atom stereocenters. The van der Waals surface area contributed by atoms with E-state index in [1.807, 2.05) is 0 Å². The lowest BCUT2D eigenvalue weighted by atomic mass is 10.3. The first-order valence-corrected chi connectivity index (χ1v) is 6.76. The van der Waals surface area contributed by atoms with Crippen LogP contribution in [0, 0.1) is 0 Å². The second-order valence-electron chi connectivity index (χ2n) is 3.37. The summed E-state index contributed by atoms with van der Waals surface area (Å²) in [6.45, 7) is 6.22. The average Bonchev–Trinajstić information content (AvgIpc) is 2.68. The van der Waals surface area contributed by atoms with Crippen LogP contribution in [0.25, 0.3) is 0 Å². The van der Waals surface area contributed by atoms with Crippen molar-refractivity contribution in [1.29, 1.82) is 0 Å². The maximum Gasteiger partial charge on any atom is 0.205 e. The molecule has 5 heteroatoms. The van der Waals surface area contributed by atoms with Crippen molar-refractivity contribution in [3.05, 3.63) is 5.82 Å². The Labute approximate surface area is 101 Å². The highest BCUT2D eigenvalue weighted by molar-refractivity contribution is 7.09. The third kappa shape index (κ3) is 3.95. The molecule has 0 fully saturated rings. The van der Waals surface area contributed by atoms with Crippen LogP contribution in [0.4, 0.5) is 5.13 Å². The number of nitrogens with zero attached hydrogens (tertiary/aromatic N) is 3. The third-order valence-corrected chi connectivity index (χ3v) is 3.23. The molecule has 0 amide bonds. The number of aryl methyl sites for hydroxylation is 1. The van der Waals surface area contributed by atoms with Gasteiger partial charge in [0.25, 0.3) is 0 Å². The van der Waals surface area contributed by atoms with E-state index in [0.717, 1.165) is 43.3 Å². The molecule has 1 aromatic heterocycles. The Morgan fingerprint density at radius 2 is 2.20 bits per heavy atom. The molecule has 0 saturated carbocycles. The number of alkyl halides is 1. The van der Waals surface area contributed by atoms with Crippen LogP contribution in [0.15, 0.2) is 0 Å². The summed E-state index contributed by atoms with van der Waals surface area (Å²) in [5, 5.41) is 1.03. The van der Waals surface area contributed by atoms with Gasteiger partial charge in [0.1, 0.15) is 5.82 Å². The second kappa shape index (κ2) is 7.01. The Morgan fingerprint density at radius 3 is 2.80 bits per heavy atom. The summed E-state index contributed by atoms with van der Waals surface area (Å²) in [5.74, 6) is 1.68. The zero-order valence-electron chi connectivity index (χ0n) is 9.37. The van der Waals surface area contributed by atoms with Gasteiger partial charge in [-0.3, -0.25) is 0 Å². The molecule has 0 aliphatic heterocycles. The number of rotatable bonds is 7. The molecule has 0 N–H and O–H groups in total. The molecule has 1 rings (SSSR count). The highest BCUT2D eigenvalue weighted by Gasteiger charge is 2.09. The van der Waals surface area contributed by atoms with Crippen LogP contribution in [0.5, 0.6) is 0 Å². The predicted octanol–water partition coefficient (Wildman–Crippen LogP) is 2.95. The van der Waals surface area contributed by atoms with Crippen LogP contribution in [0.3, 0.4) is 0 Å². The monoisotopic (exact) mass is 247 g/mol. The Kier molecular flexibility index (Phi) is 5.95. The number of aromatic nitrogens is 2. The quantitative estimate of drug-likeness (QED) is 0.694. The molecule has 0 atom stereocenters. The van der Waals surface area contributed by atoms with Crippen molar-refractivity contribution in [2.75, 3.05) is 23.9 Å². The highest BCUT2D eigenvalue weighted by atomic mass is 35.5. The minimum absolute atomic E-state index is 0.705. The lowest BCUT2D eigenvalue weighted by molar-refractivity contribution is 0.782. The first kappa shape index (κ1) is 12.7. The fourth-order valence-corrected chi connectivity index (χ4v) is 2.26. The van der Waals surface area contributed by atoms with E-state index >= 15 is 0 Å². The molecule has 3 nitrogen and oxygen atoms in total. The topological polar surface area (TPSA) is 29.0 Å². The summed E-state index contributed by atoms with van der Waals surface area (Å²) >= 11 is 7.18. The predicted molar refractivity (Wildman–Crippen MR) is 67.1 cm³/mol. The first-order chi connectivity index (χ1) is 7.31. The largest absolute Gasteiger partial charge is 0.347 e. The Balaban J connectivity index is 2.57. The van der Waals surface area contributed by atoms with Gasteiger partial charge in [-0.2, -0.15) is 4.37 Å². The number of anilines is 1. The average molecular weight is 248 g/mol. The Morgan fingerprint density at radius 1 is 1.40 bits per heavy atom. The molecule has 0 saturated heterocycles. The Hall–Kier alpha value is -0.350. The summed E-state index contributed by atoms with van der Waals surface area (Å²) in [7, 11) is 0. The summed E-state index contributed by atoms with van der Waals surface area (Å²) in [4.78, 5) is 6.75. The van der Waals surface area contributed by atoms with E-state index in [9.17, 15) is 0 Å². The molecular weight excluding hydrogens is 230 g/mol. The lowest BCUT2D eigenvalue weighted by Crippen LogP contribution is -2.24. The van der Waals surface area contributed by atoms with Crippen LogP contribution in [-0.4, -0.2) is 28.3 Å². The van der Waals surface area contributed by atoms with Crippen LogP contribution in [0.1, 0.15) is 32.5 Å². The molecule has 0 spiro atoms. The molecule has 0 bridgehead atoms. The standard InChI is InChI=1S/C10H18ClN3S/c1-3-6-9-12-10(15-13-9)14(4-2)8-5-7-11/h3-8H2,1-2H3. The fourth-order valence-electron chi connectivity index (χ4n) is 1.34. The molecular formula is C10H18ClN3S. The van der Waals surface area contributed by atoms with Crippen LogP contribution < -0.4 is 4.90 Å². The van der Waals surface area contributed by atoms with Crippen molar-refractivity contribution in [2.45, 2.75) is 33.1 Å². The van der Waals surface area contributed by atoms with Crippen molar-refractivity contribution >= 4 is 28.3 Å². The van der Waals surface area contributed by atoms with Crippen molar-refractivity contribution in [2.24, 2.45) is 0 Å². The lowest BCUT2D eigenvalue weighted by Gasteiger charge is -2.18. The van der Waals surface area contributed by atoms with Gasteiger partial charge < -0.3 is 4.90 Å². The Bertz CT molecular complexity index is 277. The maximum atomic E-state index is 5.69. The van der Waals surface area contributed by atoms with Gasteiger partial charge in [0.05, 0.1) is 0 Å². The molecule has 0 radical (unpaired) electrons. The zero-order valence-corrected chi connectivity index (χ0v) is 10.9. The third-order valence-electron chi connectivity index (χ3n) is 2.14. The zero-order chi connectivity index (χ0) is 11.1. The number of hydrogen-bond acceptors (Lipinski definition) is 4. The van der Waals surface area contributed by atoms with Crippen LogP contribution >= 0.6 is 23.1 Å². The van der Waals surface area contributed by atoms with E-state index in [2.05, 4.69) is 28.1 Å². The smallest absolute Gasteiger partial charge is 0.205 e. The van der Waals surface area contributed by atoms with Crippen molar-refractivity contribution in [3.8, 4) is 0 Å². The SMILES string of the molecule is CCCc1nsc(N(CC)CCCCl)n1. The number of halogens is 1. The van der Waals surface area contributed by atoms with Crippen molar-refractivity contribution < 1.29 is 0 Å². The summed E-state index contributed by atoms with van der Waals surface area (Å²) in [6, 6.07) is 0. The normalized spacial score (nSPS) is 10.6. The number of hydrogen-bond donors (Lipinski definition) is 0. The second-order valence-corrected chi connectivity index (χ2v) is 4.47. The van der Waals surface area contributed by atoms with Gasteiger partial charge in [0.2, 0.25) is 5.13 Å². The minimum Gasteiger partial charge on any atom is -0.347 e. The van der Waals surface area contributed by atoms with E-state index in [-0.39, 0.29) is 0 Å². The van der Waals surface area contributed by atoms with Gasteiger partial charge >= 0.3 is 0 Å². The first-order valence-electron chi connectivity index (χ1n) is 5.45. The summed E-state index contributed by atoms with van der Waals surface area (Å²) in [6.07, 6.45) is 3.08. The summed E-state index contributed by atoms with van der Waals surface area (Å²) < 4.78 is 4.34. The van der Waals surface area contributed by atoms with Crippen LogP contribution in [0.2, 0.25) is 0 Å². The van der Waals surface area contributed by atoms with E-state index in [1.54, 1.807) is 0 Å². The van der Waals surface area contributed by atoms with Crippen LogP contribution in [-0.2, 0) is 6.42 Å². The molecule has 0 aliphatic rings. The van der Waals surface area contributed by atoms with E-state index in [0.29, 0.717) is 5.88 Å². The molecule has 0 aliphatic carbocycles. The van der Waals surface area contributed by atoms with Gasteiger partial charge in [0, 0.05) is 36.9 Å². The van der Waals surface area contributed by atoms with Gasteiger partial charge in [-0.15, -0.1) is 11.6 Å². The van der Waals surface area contributed by atoms with Crippen molar-refractivity contribution in [1.82, 2.24) is 9.36 Å². The summed E-state index contributed by atoms with van der Waals surface area (Å²) in [5.41, 5.74) is 0. The van der Waals surface area contributed by atoms with Gasteiger partial charge in [0.15, 0.2) is 0 Å². The van der Waals surface area contributed by atoms with Gasteiger partial charge in [-0.25, -0.2) is 4.98 Å². The molecule has 15 heavy (non-hydrogen) atoms.